The summed E-state index contributed by atoms with van der Waals surface area (Å²) < 4.78 is 0. The van der Waals surface area contributed by atoms with Crippen molar-refractivity contribution in [1.29, 1.82) is 0 Å². The SMILES string of the molecule is CC(C)(C)C(=Cc1cnc(Cl)cc1C(=O)C=[N+]=[N-])C(=O)O. The van der Waals surface area contributed by atoms with Gasteiger partial charge in [0.15, 0.2) is 0 Å². The lowest BCUT2D eigenvalue weighted by atomic mass is 9.85. The van der Waals surface area contributed by atoms with Crippen molar-refractivity contribution in [1.82, 2.24) is 4.98 Å². The molecule has 0 unspecified atom stereocenters. The van der Waals surface area contributed by atoms with Crippen LogP contribution in [-0.2, 0) is 4.79 Å². The summed E-state index contributed by atoms with van der Waals surface area (Å²) in [6, 6.07) is 1.29. The molecule has 0 fully saturated rings. The lowest BCUT2D eigenvalue weighted by Gasteiger charge is -2.19. The van der Waals surface area contributed by atoms with Crippen molar-refractivity contribution in [2.24, 2.45) is 5.41 Å². The minimum absolute atomic E-state index is 0.0782. The summed E-state index contributed by atoms with van der Waals surface area (Å²) >= 11 is 5.74. The van der Waals surface area contributed by atoms with Crippen molar-refractivity contribution in [3.8, 4) is 0 Å². The molecule has 1 aromatic rings. The van der Waals surface area contributed by atoms with Crippen molar-refractivity contribution in [2.45, 2.75) is 20.8 Å². The van der Waals surface area contributed by atoms with E-state index in [-0.39, 0.29) is 21.9 Å². The fraction of sp³-hybridized carbons (Fsp3) is 0.286. The third-order valence-electron chi connectivity index (χ3n) is 2.68. The van der Waals surface area contributed by atoms with Crippen LogP contribution < -0.4 is 0 Å². The van der Waals surface area contributed by atoms with E-state index in [9.17, 15) is 14.7 Å². The fourth-order valence-corrected chi connectivity index (χ4v) is 1.80. The largest absolute Gasteiger partial charge is 0.478 e. The number of ketones is 1. The van der Waals surface area contributed by atoms with E-state index in [1.807, 2.05) is 0 Å². The highest BCUT2D eigenvalue weighted by Crippen LogP contribution is 2.28. The zero-order valence-electron chi connectivity index (χ0n) is 11.8. The van der Waals surface area contributed by atoms with Gasteiger partial charge in [0.2, 0.25) is 0 Å². The van der Waals surface area contributed by atoms with Crippen molar-refractivity contribution < 1.29 is 19.5 Å². The normalized spacial score (nSPS) is 11.7. The van der Waals surface area contributed by atoms with Crippen molar-refractivity contribution in [2.75, 3.05) is 0 Å². The third-order valence-corrected chi connectivity index (χ3v) is 2.89. The van der Waals surface area contributed by atoms with Gasteiger partial charge >= 0.3 is 12.2 Å². The van der Waals surface area contributed by atoms with Crippen LogP contribution in [0.15, 0.2) is 17.8 Å². The average molecular weight is 308 g/mol. The number of carbonyl (C=O) groups is 2. The molecule has 0 amide bonds. The number of aliphatic carboxylic acids is 1. The average Bonchev–Trinajstić information content (AvgIpc) is 2.35. The molecule has 1 aromatic heterocycles. The molecule has 0 aromatic carbocycles. The number of Topliss-reactive ketones (excluding diaryl/α,β-unsaturated/α-hetero) is 1. The Balaban J connectivity index is 3.52. The van der Waals surface area contributed by atoms with Gasteiger partial charge in [-0.15, -0.1) is 0 Å². The van der Waals surface area contributed by atoms with Crippen molar-refractivity contribution in [3.63, 3.8) is 0 Å². The lowest BCUT2D eigenvalue weighted by Crippen LogP contribution is -2.17. The monoisotopic (exact) mass is 307 g/mol. The summed E-state index contributed by atoms with van der Waals surface area (Å²) in [7, 11) is 0. The number of pyridine rings is 1. The van der Waals surface area contributed by atoms with Crippen molar-refractivity contribution in [3.05, 3.63) is 39.6 Å². The Bertz CT molecular complexity index is 669. The third kappa shape index (κ3) is 4.34. The summed E-state index contributed by atoms with van der Waals surface area (Å²) in [5.74, 6) is -1.70. The Labute approximate surface area is 126 Å². The zero-order valence-corrected chi connectivity index (χ0v) is 12.5. The molecule has 110 valence electrons. The predicted octanol–water partition coefficient (Wildman–Crippen LogP) is 2.73. The van der Waals surface area contributed by atoms with Crippen LogP contribution in [0.25, 0.3) is 11.6 Å². The second kappa shape index (κ2) is 6.43. The van der Waals surface area contributed by atoms with E-state index in [4.69, 9.17) is 17.1 Å². The van der Waals surface area contributed by atoms with E-state index >= 15 is 0 Å². The minimum atomic E-state index is -1.09. The maximum absolute atomic E-state index is 11.8. The molecule has 0 radical (unpaired) electrons. The van der Waals surface area contributed by atoms with Crippen LogP contribution in [0.3, 0.4) is 0 Å². The highest BCUT2D eigenvalue weighted by atomic mass is 35.5. The molecule has 7 heteroatoms. The highest BCUT2D eigenvalue weighted by molar-refractivity contribution is 6.36. The Morgan fingerprint density at radius 1 is 1.43 bits per heavy atom. The molecule has 1 rings (SSSR count). The van der Waals surface area contributed by atoms with Crippen LogP contribution in [0.2, 0.25) is 5.15 Å². The van der Waals surface area contributed by atoms with Gasteiger partial charge in [-0.1, -0.05) is 32.4 Å². The van der Waals surface area contributed by atoms with Crippen LogP contribution in [-0.4, -0.2) is 32.8 Å². The first-order valence-electron chi connectivity index (χ1n) is 5.99. The number of aromatic nitrogens is 1. The van der Waals surface area contributed by atoms with Gasteiger partial charge in [0.25, 0.3) is 5.78 Å². The summed E-state index contributed by atoms with van der Waals surface area (Å²) in [5, 5.41) is 9.37. The van der Waals surface area contributed by atoms with Crippen LogP contribution in [0.1, 0.15) is 36.7 Å². The topological polar surface area (TPSA) is 104 Å². The number of hydrogen-bond acceptors (Lipinski definition) is 3. The Morgan fingerprint density at radius 3 is 2.52 bits per heavy atom. The van der Waals surface area contributed by atoms with Crippen LogP contribution >= 0.6 is 11.6 Å². The maximum atomic E-state index is 11.8. The molecule has 6 nitrogen and oxygen atoms in total. The molecule has 1 N–H and O–H groups in total. The number of nitrogens with zero attached hydrogens (tertiary/aromatic N) is 3. The first-order valence-corrected chi connectivity index (χ1v) is 6.37. The van der Waals surface area contributed by atoms with Gasteiger partial charge in [0.05, 0.1) is 0 Å². The molecule has 1 heterocycles. The molecule has 0 aliphatic rings. The molecule has 0 aliphatic carbocycles. The summed E-state index contributed by atoms with van der Waals surface area (Å²) in [6.07, 6.45) is 3.38. The predicted molar refractivity (Wildman–Crippen MR) is 78.3 cm³/mol. The Hall–Kier alpha value is -2.30. The van der Waals surface area contributed by atoms with Gasteiger partial charge in [-0.2, -0.15) is 4.79 Å². The van der Waals surface area contributed by atoms with Gasteiger partial charge in [-0.25, -0.2) is 9.78 Å². The number of carboxylic acids is 1. The summed E-state index contributed by atoms with van der Waals surface area (Å²) in [4.78, 5) is 29.7. The molecule has 0 saturated heterocycles. The van der Waals surface area contributed by atoms with Gasteiger partial charge in [-0.3, -0.25) is 4.79 Å². The molecular formula is C14H14ClN3O3. The Kier molecular flexibility index (Phi) is 5.13. The highest BCUT2D eigenvalue weighted by Gasteiger charge is 2.24. The molecule has 0 atom stereocenters. The molecular weight excluding hydrogens is 294 g/mol. The second-order valence-electron chi connectivity index (χ2n) is 5.32. The summed E-state index contributed by atoms with van der Waals surface area (Å²) in [5.41, 5.74) is 8.33. The van der Waals surface area contributed by atoms with Gasteiger partial charge in [0, 0.05) is 22.9 Å². The van der Waals surface area contributed by atoms with E-state index in [2.05, 4.69) is 9.77 Å². The van der Waals surface area contributed by atoms with Gasteiger partial charge in [-0.05, 0) is 17.6 Å². The van der Waals surface area contributed by atoms with Crippen LogP contribution in [0.4, 0.5) is 0 Å². The number of rotatable bonds is 4. The fourth-order valence-electron chi connectivity index (χ4n) is 1.65. The molecule has 21 heavy (non-hydrogen) atoms. The number of halogens is 1. The maximum Gasteiger partial charge on any atom is 0.332 e. The minimum Gasteiger partial charge on any atom is -0.478 e. The van der Waals surface area contributed by atoms with E-state index in [1.165, 1.54) is 18.3 Å². The molecule has 0 spiro atoms. The molecule has 0 saturated carbocycles. The van der Waals surface area contributed by atoms with Gasteiger partial charge in [0.1, 0.15) is 5.15 Å². The zero-order chi connectivity index (χ0) is 16.2. The van der Waals surface area contributed by atoms with Crippen LogP contribution in [0, 0.1) is 5.41 Å². The second-order valence-corrected chi connectivity index (χ2v) is 5.70. The van der Waals surface area contributed by atoms with Crippen LogP contribution in [0.5, 0.6) is 0 Å². The standard InChI is InChI=1S/C14H14ClN3O3/c1-14(2,3)10(13(20)21)4-8-6-17-12(15)5-9(8)11(19)7-18-16/h4-7H,1-3H3,(H,20,21). The van der Waals surface area contributed by atoms with E-state index in [1.54, 1.807) is 20.8 Å². The van der Waals surface area contributed by atoms with E-state index in [0.29, 0.717) is 6.21 Å². The lowest BCUT2D eigenvalue weighted by molar-refractivity contribution is -0.133. The molecule has 0 aliphatic heterocycles. The smallest absolute Gasteiger partial charge is 0.332 e. The molecule has 0 bridgehead atoms. The first-order chi connectivity index (χ1) is 9.66. The quantitative estimate of drug-likeness (QED) is 0.230. The number of carboxylic acid groups (broad SMARTS) is 1. The Morgan fingerprint density at radius 2 is 2.05 bits per heavy atom. The van der Waals surface area contributed by atoms with E-state index in [0.717, 1.165) is 0 Å². The van der Waals surface area contributed by atoms with Gasteiger partial charge < -0.3 is 10.6 Å². The number of hydrogen-bond donors (Lipinski definition) is 1. The summed E-state index contributed by atoms with van der Waals surface area (Å²) in [6.45, 7) is 5.23. The first kappa shape index (κ1) is 16.8. The van der Waals surface area contributed by atoms with Crippen molar-refractivity contribution >= 4 is 35.6 Å². The van der Waals surface area contributed by atoms with E-state index < -0.39 is 17.2 Å². The number of carbonyl (C=O) groups excluding carboxylic acids is 1.